The minimum atomic E-state index is -3.69. The number of halogens is 2. The van der Waals surface area contributed by atoms with Crippen LogP contribution in [0.2, 0.25) is 0 Å². The molecule has 0 fully saturated rings. The first kappa shape index (κ1) is 22.9. The molecule has 2 N–H and O–H groups in total. The average Bonchev–Trinajstić information content (AvgIpc) is 2.97. The van der Waals surface area contributed by atoms with Gasteiger partial charge in [-0.25, -0.2) is 0 Å². The number of benzene rings is 2. The Bertz CT molecular complexity index is 974. The van der Waals surface area contributed by atoms with E-state index in [1.165, 1.54) is 30.0 Å². The largest absolute Gasteiger partial charge is 0.586 e. The van der Waals surface area contributed by atoms with E-state index in [2.05, 4.69) is 20.1 Å². The molecular formula is C22H24F2N2O4S. The first-order valence-corrected chi connectivity index (χ1v) is 10.9. The molecule has 166 valence electrons. The highest BCUT2D eigenvalue weighted by molar-refractivity contribution is 7.99. The minimum Gasteiger partial charge on any atom is -0.395 e. The van der Waals surface area contributed by atoms with Crippen molar-refractivity contribution in [2.45, 2.75) is 39.9 Å². The van der Waals surface area contributed by atoms with Crippen LogP contribution in [0.5, 0.6) is 11.5 Å². The molecule has 1 aliphatic rings. The lowest BCUT2D eigenvalue weighted by atomic mass is 10.0. The zero-order valence-corrected chi connectivity index (χ0v) is 18.3. The average molecular weight is 451 g/mol. The molecule has 0 atom stereocenters. The van der Waals surface area contributed by atoms with E-state index in [4.69, 9.17) is 0 Å². The van der Waals surface area contributed by atoms with Gasteiger partial charge in [-0.05, 0) is 56.2 Å². The van der Waals surface area contributed by atoms with E-state index in [1.807, 2.05) is 32.9 Å². The fourth-order valence-electron chi connectivity index (χ4n) is 3.30. The topological polar surface area (TPSA) is 76.7 Å². The van der Waals surface area contributed by atoms with Crippen LogP contribution in [0.4, 0.5) is 20.2 Å². The van der Waals surface area contributed by atoms with E-state index in [0.717, 1.165) is 22.4 Å². The van der Waals surface area contributed by atoms with Gasteiger partial charge < -0.3 is 20.1 Å². The predicted molar refractivity (Wildman–Crippen MR) is 117 cm³/mol. The molecule has 0 unspecified atom stereocenters. The van der Waals surface area contributed by atoms with E-state index in [-0.39, 0.29) is 29.1 Å². The number of thioether (sulfide) groups is 1. The number of rotatable bonds is 8. The van der Waals surface area contributed by atoms with Gasteiger partial charge in [-0.1, -0.05) is 17.7 Å². The van der Waals surface area contributed by atoms with Crippen LogP contribution in [-0.4, -0.2) is 29.6 Å². The highest BCUT2D eigenvalue weighted by atomic mass is 32.2. The monoisotopic (exact) mass is 450 g/mol. The van der Waals surface area contributed by atoms with Gasteiger partial charge in [0, 0.05) is 23.9 Å². The van der Waals surface area contributed by atoms with Crippen LogP contribution in [0.25, 0.3) is 0 Å². The first-order chi connectivity index (χ1) is 14.6. The number of ether oxygens (including phenoxy) is 2. The molecule has 2 aromatic rings. The van der Waals surface area contributed by atoms with Crippen LogP contribution >= 0.6 is 11.8 Å². The molecule has 0 aliphatic carbocycles. The summed E-state index contributed by atoms with van der Waals surface area (Å²) in [6.07, 6.45) is -2.70. The van der Waals surface area contributed by atoms with Gasteiger partial charge in [0.2, 0.25) is 11.8 Å². The Labute approximate surface area is 183 Å². The second-order valence-corrected chi connectivity index (χ2v) is 8.46. The summed E-state index contributed by atoms with van der Waals surface area (Å²) in [5.74, 6) is 0.290. The number of fused-ring (bicyclic) bond motifs is 1. The molecule has 0 saturated carbocycles. The Kier molecular flexibility index (Phi) is 7.04. The zero-order chi connectivity index (χ0) is 22.6. The summed E-state index contributed by atoms with van der Waals surface area (Å²) in [6.45, 7) is 5.95. The molecule has 1 aliphatic heterocycles. The summed E-state index contributed by atoms with van der Waals surface area (Å²) < 4.78 is 34.8. The lowest BCUT2D eigenvalue weighted by Gasteiger charge is -2.12. The van der Waals surface area contributed by atoms with Crippen molar-refractivity contribution in [3.8, 4) is 11.5 Å². The molecule has 0 aromatic heterocycles. The number of alkyl halides is 2. The quantitative estimate of drug-likeness (QED) is 0.552. The highest BCUT2D eigenvalue weighted by Gasteiger charge is 2.43. The molecule has 3 rings (SSSR count). The maximum atomic E-state index is 13.0. The predicted octanol–water partition coefficient (Wildman–Crippen LogP) is 5.02. The number of hydrogen-bond acceptors (Lipinski definition) is 5. The molecule has 31 heavy (non-hydrogen) atoms. The summed E-state index contributed by atoms with van der Waals surface area (Å²) in [6, 6.07) is 8.13. The van der Waals surface area contributed by atoms with Gasteiger partial charge in [0.05, 0.1) is 5.75 Å². The van der Waals surface area contributed by atoms with Gasteiger partial charge in [0.25, 0.3) is 0 Å². The van der Waals surface area contributed by atoms with Crippen LogP contribution in [0.1, 0.15) is 29.5 Å². The van der Waals surface area contributed by atoms with Crippen molar-refractivity contribution in [3.05, 3.63) is 47.0 Å². The third-order valence-corrected chi connectivity index (χ3v) is 5.60. The second-order valence-electron chi connectivity index (χ2n) is 7.36. The van der Waals surface area contributed by atoms with Crippen LogP contribution in [-0.2, 0) is 9.59 Å². The molecule has 1 heterocycles. The number of carbonyl (C=O) groups excluding carboxylic acids is 2. The SMILES string of the molecule is Cc1cc(C)c(NC(=O)CCCSCC(=O)Nc2ccc3c(c2)OC(F)(F)O3)c(C)c1. The van der Waals surface area contributed by atoms with Gasteiger partial charge in [0.15, 0.2) is 11.5 Å². The Hall–Kier alpha value is -2.81. The fraction of sp³-hybridized carbons (Fsp3) is 0.364. The van der Waals surface area contributed by atoms with Gasteiger partial charge in [-0.15, -0.1) is 8.78 Å². The number of aryl methyl sites for hydroxylation is 3. The Morgan fingerprint density at radius 1 is 0.968 bits per heavy atom. The minimum absolute atomic E-state index is 0.0581. The molecule has 2 amide bonds. The Balaban J connectivity index is 1.36. The van der Waals surface area contributed by atoms with E-state index >= 15 is 0 Å². The molecular weight excluding hydrogens is 426 g/mol. The molecule has 9 heteroatoms. The van der Waals surface area contributed by atoms with Crippen molar-refractivity contribution in [1.29, 1.82) is 0 Å². The maximum Gasteiger partial charge on any atom is 0.586 e. The summed E-state index contributed by atoms with van der Waals surface area (Å²) in [7, 11) is 0. The van der Waals surface area contributed by atoms with Crippen LogP contribution < -0.4 is 20.1 Å². The Morgan fingerprint density at radius 3 is 2.35 bits per heavy atom. The number of hydrogen-bond donors (Lipinski definition) is 2. The molecule has 0 spiro atoms. The lowest BCUT2D eigenvalue weighted by molar-refractivity contribution is -0.286. The standard InChI is InChI=1S/C22H24F2N2O4S/c1-13-9-14(2)21(15(3)10-13)26-19(27)5-4-8-31-12-20(28)25-16-6-7-17-18(11-16)30-22(23,24)29-17/h6-7,9-11H,4-5,8,12H2,1-3H3,(H,25,28)(H,26,27). The van der Waals surface area contributed by atoms with Crippen molar-refractivity contribution in [1.82, 2.24) is 0 Å². The van der Waals surface area contributed by atoms with Gasteiger partial charge >= 0.3 is 6.29 Å². The summed E-state index contributed by atoms with van der Waals surface area (Å²) >= 11 is 1.39. The van der Waals surface area contributed by atoms with Crippen molar-refractivity contribution >= 4 is 35.0 Å². The second kappa shape index (κ2) is 9.55. The van der Waals surface area contributed by atoms with Crippen molar-refractivity contribution in [2.24, 2.45) is 0 Å². The molecule has 0 bridgehead atoms. The van der Waals surface area contributed by atoms with Crippen molar-refractivity contribution in [2.75, 3.05) is 22.1 Å². The molecule has 2 aromatic carbocycles. The highest BCUT2D eigenvalue weighted by Crippen LogP contribution is 2.42. The third-order valence-electron chi connectivity index (χ3n) is 4.55. The first-order valence-electron chi connectivity index (χ1n) is 9.78. The lowest BCUT2D eigenvalue weighted by Crippen LogP contribution is -2.25. The van der Waals surface area contributed by atoms with E-state index in [0.29, 0.717) is 24.3 Å². The smallest absolute Gasteiger partial charge is 0.395 e. The molecule has 0 saturated heterocycles. The third kappa shape index (κ3) is 6.33. The number of anilines is 2. The van der Waals surface area contributed by atoms with Gasteiger partial charge in [-0.3, -0.25) is 9.59 Å². The summed E-state index contributed by atoms with van der Waals surface area (Å²) in [5.41, 5.74) is 4.41. The maximum absolute atomic E-state index is 13.0. The Morgan fingerprint density at radius 2 is 1.65 bits per heavy atom. The van der Waals surface area contributed by atoms with E-state index in [1.54, 1.807) is 0 Å². The number of amides is 2. The number of nitrogens with one attached hydrogen (secondary N) is 2. The van der Waals surface area contributed by atoms with Crippen LogP contribution in [0.15, 0.2) is 30.3 Å². The van der Waals surface area contributed by atoms with Gasteiger partial charge in [-0.2, -0.15) is 11.8 Å². The van der Waals surface area contributed by atoms with Crippen molar-refractivity contribution < 1.29 is 27.8 Å². The van der Waals surface area contributed by atoms with Crippen LogP contribution in [0, 0.1) is 20.8 Å². The van der Waals surface area contributed by atoms with Crippen molar-refractivity contribution in [3.63, 3.8) is 0 Å². The fourth-order valence-corrected chi connectivity index (χ4v) is 4.05. The van der Waals surface area contributed by atoms with E-state index < -0.39 is 6.29 Å². The van der Waals surface area contributed by atoms with E-state index in [9.17, 15) is 18.4 Å². The summed E-state index contributed by atoms with van der Waals surface area (Å²) in [4.78, 5) is 24.3. The summed E-state index contributed by atoms with van der Waals surface area (Å²) in [5, 5.41) is 5.59. The normalized spacial score (nSPS) is 13.7. The molecule has 0 radical (unpaired) electrons. The number of carbonyl (C=O) groups is 2. The van der Waals surface area contributed by atoms with Gasteiger partial charge in [0.1, 0.15) is 0 Å². The zero-order valence-electron chi connectivity index (χ0n) is 17.5. The van der Waals surface area contributed by atoms with Crippen LogP contribution in [0.3, 0.4) is 0 Å². The molecule has 6 nitrogen and oxygen atoms in total.